The van der Waals surface area contributed by atoms with Gasteiger partial charge in [-0.3, -0.25) is 15.1 Å². The van der Waals surface area contributed by atoms with Crippen molar-refractivity contribution in [1.29, 1.82) is 0 Å². The van der Waals surface area contributed by atoms with Crippen LogP contribution in [0.15, 0.2) is 42.1 Å². The Kier molecular flexibility index (Phi) is 9.58. The summed E-state index contributed by atoms with van der Waals surface area (Å²) in [6.07, 6.45) is 15.5. The third-order valence-corrected chi connectivity index (χ3v) is 5.93. The van der Waals surface area contributed by atoms with E-state index in [4.69, 9.17) is 9.57 Å². The lowest BCUT2D eigenvalue weighted by Gasteiger charge is -2.35. The topological polar surface area (TPSA) is 108 Å². The molecule has 1 amide bonds. The lowest BCUT2D eigenvalue weighted by molar-refractivity contribution is -0.142. The van der Waals surface area contributed by atoms with E-state index in [2.05, 4.69) is 12.4 Å². The number of nitrogens with one attached hydrogen (secondary N) is 1. The Bertz CT molecular complexity index is 953. The predicted octanol–water partition coefficient (Wildman–Crippen LogP) is 4.20. The molecule has 3 rings (SSSR count). The van der Waals surface area contributed by atoms with Gasteiger partial charge in [0.1, 0.15) is 17.1 Å². The van der Waals surface area contributed by atoms with Crippen LogP contribution < -0.4 is 5.48 Å². The molecule has 2 heterocycles. The second-order valence-corrected chi connectivity index (χ2v) is 8.44. The number of allylic oxidation sites excluding steroid dienone is 3. The predicted molar refractivity (Wildman–Crippen MR) is 129 cm³/mol. The first-order chi connectivity index (χ1) is 16.5. The molecular formula is C26H34N2O6. The van der Waals surface area contributed by atoms with Gasteiger partial charge in [0.25, 0.3) is 5.91 Å². The van der Waals surface area contributed by atoms with Gasteiger partial charge >= 0.3 is 5.97 Å². The molecule has 0 aliphatic carbocycles. The number of likely N-dealkylation sites (tertiary alicyclic amines) is 1. The minimum atomic E-state index is -0.690. The number of phenols is 2. The number of carbonyl (C=O) groups excluding carboxylic acids is 2. The standard InChI is InChI=1S/C26H34N2O6/c1-2-21-12-8-9-13-28(21)24(31)18-34-27-20-11-7-5-3-4-6-10-14-33-26(32)25-19(15-20)16-22(29)17-23(25)30/h4,6-7,11,15-17,21,27,29-30H,2-3,5,8-10,12-14,18H2,1H3/b6-4?,11-7?,20-15-. The van der Waals surface area contributed by atoms with E-state index in [0.29, 0.717) is 12.1 Å². The maximum Gasteiger partial charge on any atom is 0.342 e. The van der Waals surface area contributed by atoms with E-state index in [1.54, 1.807) is 12.2 Å². The average molecular weight is 471 g/mol. The van der Waals surface area contributed by atoms with E-state index < -0.39 is 5.97 Å². The molecule has 1 atom stereocenters. The Morgan fingerprint density at radius 2 is 1.97 bits per heavy atom. The Morgan fingerprint density at radius 1 is 1.18 bits per heavy atom. The number of benzene rings is 1. The maximum absolute atomic E-state index is 12.7. The molecule has 0 spiro atoms. The minimum absolute atomic E-state index is 0.0540. The lowest BCUT2D eigenvalue weighted by Crippen LogP contribution is -2.45. The summed E-state index contributed by atoms with van der Waals surface area (Å²) in [7, 11) is 0. The number of hydrogen-bond donors (Lipinski definition) is 3. The van der Waals surface area contributed by atoms with Crippen LogP contribution in [0.4, 0.5) is 0 Å². The summed E-state index contributed by atoms with van der Waals surface area (Å²) in [6, 6.07) is 2.70. The summed E-state index contributed by atoms with van der Waals surface area (Å²) in [5.41, 5.74) is 3.46. The van der Waals surface area contributed by atoms with Gasteiger partial charge in [0.15, 0.2) is 6.61 Å². The summed E-state index contributed by atoms with van der Waals surface area (Å²) < 4.78 is 5.29. The summed E-state index contributed by atoms with van der Waals surface area (Å²) in [4.78, 5) is 32.7. The van der Waals surface area contributed by atoms with Crippen LogP contribution in [0, 0.1) is 0 Å². The maximum atomic E-state index is 12.7. The highest BCUT2D eigenvalue weighted by Gasteiger charge is 2.25. The quantitative estimate of drug-likeness (QED) is 0.336. The molecule has 34 heavy (non-hydrogen) atoms. The first-order valence-corrected chi connectivity index (χ1v) is 11.9. The van der Waals surface area contributed by atoms with Gasteiger partial charge in [0, 0.05) is 18.7 Å². The van der Waals surface area contributed by atoms with Gasteiger partial charge in [-0.25, -0.2) is 4.79 Å². The van der Waals surface area contributed by atoms with Crippen molar-refractivity contribution in [3.05, 3.63) is 53.3 Å². The fourth-order valence-electron chi connectivity index (χ4n) is 4.20. The Hall–Kier alpha value is -3.26. The van der Waals surface area contributed by atoms with Gasteiger partial charge in [0.05, 0.1) is 12.3 Å². The van der Waals surface area contributed by atoms with Crippen molar-refractivity contribution in [3.8, 4) is 11.5 Å². The highest BCUT2D eigenvalue weighted by Crippen LogP contribution is 2.30. The normalized spacial score (nSPS) is 21.1. The molecule has 3 N–H and O–H groups in total. The minimum Gasteiger partial charge on any atom is -0.508 e. The number of hydroxylamine groups is 1. The van der Waals surface area contributed by atoms with E-state index in [1.807, 2.05) is 23.1 Å². The number of aromatic hydroxyl groups is 2. The first-order valence-electron chi connectivity index (χ1n) is 11.9. The number of rotatable bonds is 5. The summed E-state index contributed by atoms with van der Waals surface area (Å²) in [5, 5.41) is 20.3. The van der Waals surface area contributed by atoms with E-state index >= 15 is 0 Å². The average Bonchev–Trinajstić information content (AvgIpc) is 2.81. The molecule has 8 heteroatoms. The number of amides is 1. The van der Waals surface area contributed by atoms with Gasteiger partial charge < -0.3 is 19.8 Å². The Labute approximate surface area is 200 Å². The third kappa shape index (κ3) is 7.12. The summed E-state index contributed by atoms with van der Waals surface area (Å²) >= 11 is 0. The van der Waals surface area contributed by atoms with Crippen LogP contribution >= 0.6 is 0 Å². The third-order valence-electron chi connectivity index (χ3n) is 5.93. The van der Waals surface area contributed by atoms with Crippen LogP contribution in [-0.2, 0) is 14.4 Å². The Morgan fingerprint density at radius 3 is 2.79 bits per heavy atom. The van der Waals surface area contributed by atoms with Crippen molar-refractivity contribution in [1.82, 2.24) is 10.4 Å². The van der Waals surface area contributed by atoms with Crippen molar-refractivity contribution in [3.63, 3.8) is 0 Å². The van der Waals surface area contributed by atoms with Gasteiger partial charge in [-0.05, 0) is 68.7 Å². The SMILES string of the molecule is CCC1CCCCN1C(=O)CON/C1=C\c2cc(O)cc(O)c2C(=O)OCCC=CCCC=C1. The number of phenolic OH excluding ortho intramolecular Hbond substituents is 2. The molecule has 1 fully saturated rings. The molecule has 0 radical (unpaired) electrons. The fourth-order valence-corrected chi connectivity index (χ4v) is 4.20. The second-order valence-electron chi connectivity index (χ2n) is 8.44. The highest BCUT2D eigenvalue weighted by atomic mass is 16.6. The number of fused-ring (bicyclic) bond motifs is 1. The molecule has 0 bridgehead atoms. The zero-order chi connectivity index (χ0) is 24.3. The first kappa shape index (κ1) is 25.4. The van der Waals surface area contributed by atoms with Crippen LogP contribution in [-0.4, -0.2) is 52.8 Å². The fraction of sp³-hybridized carbons (Fsp3) is 0.462. The van der Waals surface area contributed by atoms with Crippen molar-refractivity contribution in [2.75, 3.05) is 19.8 Å². The molecule has 184 valence electrons. The molecular weight excluding hydrogens is 436 g/mol. The van der Waals surface area contributed by atoms with Crippen LogP contribution in [0.3, 0.4) is 0 Å². The van der Waals surface area contributed by atoms with Gasteiger partial charge in [-0.1, -0.05) is 25.2 Å². The number of carbonyl (C=O) groups is 2. The van der Waals surface area contributed by atoms with Crippen LogP contribution in [0.1, 0.15) is 67.8 Å². The lowest BCUT2D eigenvalue weighted by atomic mass is 10.00. The van der Waals surface area contributed by atoms with Gasteiger partial charge in [-0.15, -0.1) is 0 Å². The van der Waals surface area contributed by atoms with E-state index in [9.17, 15) is 19.8 Å². The largest absolute Gasteiger partial charge is 0.508 e. The Balaban J connectivity index is 1.79. The molecule has 8 nitrogen and oxygen atoms in total. The van der Waals surface area contributed by atoms with E-state index in [-0.39, 0.29) is 47.8 Å². The molecule has 1 saturated heterocycles. The smallest absolute Gasteiger partial charge is 0.342 e. The van der Waals surface area contributed by atoms with Crippen molar-refractivity contribution in [2.45, 2.75) is 57.9 Å². The molecule has 1 aromatic carbocycles. The molecule has 2 aliphatic heterocycles. The molecule has 2 aliphatic rings. The van der Waals surface area contributed by atoms with Gasteiger partial charge in [0.2, 0.25) is 0 Å². The van der Waals surface area contributed by atoms with Gasteiger partial charge in [-0.2, -0.15) is 0 Å². The molecule has 1 unspecified atom stereocenters. The van der Waals surface area contributed by atoms with Crippen LogP contribution in [0.2, 0.25) is 0 Å². The molecule has 0 saturated carbocycles. The second kappa shape index (κ2) is 12.8. The van der Waals surface area contributed by atoms with Crippen LogP contribution in [0.25, 0.3) is 6.08 Å². The molecule has 1 aromatic rings. The zero-order valence-electron chi connectivity index (χ0n) is 19.7. The van der Waals surface area contributed by atoms with E-state index in [0.717, 1.165) is 51.1 Å². The number of cyclic esters (lactones) is 1. The van der Waals surface area contributed by atoms with Crippen LogP contribution in [0.5, 0.6) is 11.5 Å². The number of nitrogens with zero attached hydrogens (tertiary/aromatic N) is 1. The number of hydrogen-bond acceptors (Lipinski definition) is 7. The van der Waals surface area contributed by atoms with Crippen molar-refractivity contribution < 1.29 is 29.4 Å². The van der Waals surface area contributed by atoms with Crippen molar-refractivity contribution in [2.24, 2.45) is 0 Å². The number of ether oxygens (including phenoxy) is 1. The highest BCUT2D eigenvalue weighted by molar-refractivity contribution is 5.97. The summed E-state index contributed by atoms with van der Waals surface area (Å²) in [6.45, 7) is 2.87. The molecule has 0 aromatic heterocycles. The van der Waals surface area contributed by atoms with Crippen molar-refractivity contribution >= 4 is 18.0 Å². The van der Waals surface area contributed by atoms with E-state index in [1.165, 1.54) is 6.07 Å². The monoisotopic (exact) mass is 470 g/mol. The summed E-state index contributed by atoms with van der Waals surface area (Å²) in [5.74, 6) is -1.34. The zero-order valence-corrected chi connectivity index (χ0v) is 19.7. The number of piperidine rings is 1. The number of esters is 1.